The summed E-state index contributed by atoms with van der Waals surface area (Å²) >= 11 is 0. The molecule has 1 aromatic rings. The molecule has 2 rings (SSSR count). The fourth-order valence-corrected chi connectivity index (χ4v) is 2.04. The Hall–Kier alpha value is -0.820. The van der Waals surface area contributed by atoms with Gasteiger partial charge in [0.05, 0.1) is 0 Å². The largest absolute Gasteiger partial charge is 0.310 e. The summed E-state index contributed by atoms with van der Waals surface area (Å²) in [5, 5.41) is 3.63. The molecule has 15 heavy (non-hydrogen) atoms. The number of rotatable bonds is 4. The Morgan fingerprint density at radius 3 is 2.73 bits per heavy atom. The van der Waals surface area contributed by atoms with Gasteiger partial charge in [0.15, 0.2) is 0 Å². The summed E-state index contributed by atoms with van der Waals surface area (Å²) in [7, 11) is 0. The fourth-order valence-electron chi connectivity index (χ4n) is 2.04. The predicted molar refractivity (Wildman–Crippen MR) is 64.9 cm³/mol. The van der Waals surface area contributed by atoms with Crippen molar-refractivity contribution in [2.24, 2.45) is 5.92 Å². The van der Waals surface area contributed by atoms with E-state index in [4.69, 9.17) is 0 Å². The molecule has 1 heteroatoms. The summed E-state index contributed by atoms with van der Waals surface area (Å²) in [5.74, 6) is 0.940. The van der Waals surface area contributed by atoms with Crippen LogP contribution in [-0.2, 0) is 6.54 Å². The highest BCUT2D eigenvalue weighted by molar-refractivity contribution is 5.32. The van der Waals surface area contributed by atoms with Crippen LogP contribution < -0.4 is 5.32 Å². The van der Waals surface area contributed by atoms with Crippen LogP contribution in [0.2, 0.25) is 0 Å². The average molecular weight is 203 g/mol. The van der Waals surface area contributed by atoms with Crippen LogP contribution in [0.4, 0.5) is 0 Å². The Morgan fingerprint density at radius 1 is 1.33 bits per heavy atom. The van der Waals surface area contributed by atoms with E-state index in [1.165, 1.54) is 29.5 Å². The second-order valence-electron chi connectivity index (χ2n) is 4.87. The summed E-state index contributed by atoms with van der Waals surface area (Å²) in [6.45, 7) is 7.73. The first-order valence-electron chi connectivity index (χ1n) is 5.97. The summed E-state index contributed by atoms with van der Waals surface area (Å²) in [6, 6.07) is 7.25. The molecule has 0 heterocycles. The third kappa shape index (κ3) is 2.60. The quantitative estimate of drug-likeness (QED) is 0.792. The minimum Gasteiger partial charge on any atom is -0.310 e. The first kappa shape index (κ1) is 10.7. The Labute approximate surface area is 92.9 Å². The molecule has 0 amide bonds. The number of nitrogens with one attached hydrogen (secondary N) is 1. The maximum Gasteiger partial charge on any atom is 0.0210 e. The van der Waals surface area contributed by atoms with Gasteiger partial charge in [-0.15, -0.1) is 0 Å². The molecule has 0 radical (unpaired) electrons. The van der Waals surface area contributed by atoms with Gasteiger partial charge in [-0.2, -0.15) is 0 Å². The van der Waals surface area contributed by atoms with Crippen molar-refractivity contribution in [2.45, 2.75) is 46.2 Å². The third-order valence-electron chi connectivity index (χ3n) is 3.66. The molecule has 1 saturated carbocycles. The first-order valence-corrected chi connectivity index (χ1v) is 5.97. The topological polar surface area (TPSA) is 12.0 Å². The Bertz CT molecular complexity index is 339. The van der Waals surface area contributed by atoms with E-state index in [2.05, 4.69) is 44.3 Å². The Morgan fingerprint density at radius 2 is 2.07 bits per heavy atom. The molecular formula is C14H21N. The van der Waals surface area contributed by atoms with Gasteiger partial charge in [-0.1, -0.05) is 18.2 Å². The molecule has 0 aliphatic heterocycles. The molecule has 0 bridgehead atoms. The van der Waals surface area contributed by atoms with Gasteiger partial charge in [0.2, 0.25) is 0 Å². The zero-order valence-corrected chi connectivity index (χ0v) is 10.0. The van der Waals surface area contributed by atoms with E-state index in [0.717, 1.165) is 12.5 Å². The molecule has 0 spiro atoms. The van der Waals surface area contributed by atoms with Gasteiger partial charge >= 0.3 is 0 Å². The number of aryl methyl sites for hydroxylation is 1. The Kier molecular flexibility index (Phi) is 3.11. The minimum atomic E-state index is 0.685. The molecule has 1 aromatic carbocycles. The van der Waals surface area contributed by atoms with E-state index in [0.29, 0.717) is 6.04 Å². The highest BCUT2D eigenvalue weighted by Gasteiger charge is 2.27. The van der Waals surface area contributed by atoms with Gasteiger partial charge < -0.3 is 5.32 Å². The maximum absolute atomic E-state index is 3.63. The van der Waals surface area contributed by atoms with Crippen molar-refractivity contribution in [3.63, 3.8) is 0 Å². The van der Waals surface area contributed by atoms with Crippen LogP contribution in [0.15, 0.2) is 18.2 Å². The fraction of sp³-hybridized carbons (Fsp3) is 0.571. The number of benzene rings is 1. The minimum absolute atomic E-state index is 0.685. The standard InChI is InChI=1S/C14H21N/c1-10-5-4-6-14(11(10)2)9-15-12(3)13-7-8-13/h4-6,12-13,15H,7-9H2,1-3H3. The molecule has 0 aromatic heterocycles. The lowest BCUT2D eigenvalue weighted by molar-refractivity contribution is 0.495. The van der Waals surface area contributed by atoms with Crippen molar-refractivity contribution in [2.75, 3.05) is 0 Å². The van der Waals surface area contributed by atoms with E-state index in [1.54, 1.807) is 0 Å². The van der Waals surface area contributed by atoms with Crippen molar-refractivity contribution >= 4 is 0 Å². The molecule has 1 unspecified atom stereocenters. The highest BCUT2D eigenvalue weighted by atomic mass is 14.9. The Balaban J connectivity index is 1.95. The van der Waals surface area contributed by atoms with E-state index in [9.17, 15) is 0 Å². The summed E-state index contributed by atoms with van der Waals surface area (Å²) in [4.78, 5) is 0. The predicted octanol–water partition coefficient (Wildman–Crippen LogP) is 3.19. The van der Waals surface area contributed by atoms with Crippen LogP contribution >= 0.6 is 0 Å². The third-order valence-corrected chi connectivity index (χ3v) is 3.66. The summed E-state index contributed by atoms with van der Waals surface area (Å²) in [5.41, 5.74) is 4.28. The van der Waals surface area contributed by atoms with Crippen molar-refractivity contribution in [1.29, 1.82) is 0 Å². The van der Waals surface area contributed by atoms with E-state index < -0.39 is 0 Å². The SMILES string of the molecule is Cc1cccc(CNC(C)C2CC2)c1C. The summed E-state index contributed by atoms with van der Waals surface area (Å²) < 4.78 is 0. The van der Waals surface area contributed by atoms with Gasteiger partial charge in [-0.3, -0.25) is 0 Å². The van der Waals surface area contributed by atoms with Crippen molar-refractivity contribution in [3.05, 3.63) is 34.9 Å². The van der Waals surface area contributed by atoms with Crippen LogP contribution in [0.5, 0.6) is 0 Å². The van der Waals surface area contributed by atoms with Crippen LogP contribution in [-0.4, -0.2) is 6.04 Å². The molecule has 0 saturated heterocycles. The van der Waals surface area contributed by atoms with E-state index in [1.807, 2.05) is 0 Å². The van der Waals surface area contributed by atoms with Crippen molar-refractivity contribution in [1.82, 2.24) is 5.32 Å². The lowest BCUT2D eigenvalue weighted by atomic mass is 10.0. The van der Waals surface area contributed by atoms with Crippen molar-refractivity contribution < 1.29 is 0 Å². The normalized spacial score (nSPS) is 17.8. The average Bonchev–Trinajstić information content (AvgIpc) is 3.03. The molecule has 82 valence electrons. The number of hydrogen-bond acceptors (Lipinski definition) is 1. The van der Waals surface area contributed by atoms with Crippen LogP contribution in [0.3, 0.4) is 0 Å². The van der Waals surface area contributed by atoms with Crippen LogP contribution in [0.25, 0.3) is 0 Å². The molecular weight excluding hydrogens is 182 g/mol. The monoisotopic (exact) mass is 203 g/mol. The smallest absolute Gasteiger partial charge is 0.0210 e. The second-order valence-corrected chi connectivity index (χ2v) is 4.87. The summed E-state index contributed by atoms with van der Waals surface area (Å²) in [6.07, 6.45) is 2.84. The molecule has 1 nitrogen and oxygen atoms in total. The van der Waals surface area contributed by atoms with Gasteiger partial charge in [-0.05, 0) is 56.2 Å². The van der Waals surface area contributed by atoms with Gasteiger partial charge in [0, 0.05) is 12.6 Å². The van der Waals surface area contributed by atoms with Gasteiger partial charge in [-0.25, -0.2) is 0 Å². The number of hydrogen-bond donors (Lipinski definition) is 1. The molecule has 1 N–H and O–H groups in total. The van der Waals surface area contributed by atoms with Crippen LogP contribution in [0.1, 0.15) is 36.5 Å². The maximum atomic E-state index is 3.63. The zero-order chi connectivity index (χ0) is 10.8. The van der Waals surface area contributed by atoms with E-state index in [-0.39, 0.29) is 0 Å². The lowest BCUT2D eigenvalue weighted by Gasteiger charge is -2.14. The van der Waals surface area contributed by atoms with E-state index >= 15 is 0 Å². The molecule has 1 fully saturated rings. The second kappa shape index (κ2) is 4.36. The first-order chi connectivity index (χ1) is 7.18. The lowest BCUT2D eigenvalue weighted by Crippen LogP contribution is -2.27. The van der Waals surface area contributed by atoms with Crippen LogP contribution in [0, 0.1) is 19.8 Å². The van der Waals surface area contributed by atoms with Gasteiger partial charge in [0.1, 0.15) is 0 Å². The van der Waals surface area contributed by atoms with Crippen molar-refractivity contribution in [3.8, 4) is 0 Å². The highest BCUT2D eigenvalue weighted by Crippen LogP contribution is 2.32. The van der Waals surface area contributed by atoms with Gasteiger partial charge in [0.25, 0.3) is 0 Å². The molecule has 1 atom stereocenters. The molecule has 1 aliphatic rings. The molecule has 1 aliphatic carbocycles. The zero-order valence-electron chi connectivity index (χ0n) is 10.0.